The number of hydrogen-bond donors (Lipinski definition) is 2. The number of amides is 2. The van der Waals surface area contributed by atoms with Crippen LogP contribution in [-0.2, 0) is 12.8 Å². The van der Waals surface area contributed by atoms with Gasteiger partial charge in [-0.3, -0.25) is 9.59 Å². The Bertz CT molecular complexity index is 832. The first-order chi connectivity index (χ1) is 11.7. The third kappa shape index (κ3) is 3.67. The van der Waals surface area contributed by atoms with Gasteiger partial charge in [0.25, 0.3) is 11.8 Å². The Hall–Kier alpha value is -1.60. The Morgan fingerprint density at radius 3 is 2.64 bits per heavy atom. The van der Waals surface area contributed by atoms with E-state index < -0.39 is 5.91 Å². The Morgan fingerprint density at radius 2 is 2.08 bits per heavy atom. The molecule has 0 fully saturated rings. The van der Waals surface area contributed by atoms with E-state index in [-0.39, 0.29) is 17.1 Å². The molecule has 7 heteroatoms. The van der Waals surface area contributed by atoms with Crippen LogP contribution < -0.4 is 11.1 Å². The molecule has 3 rings (SSSR count). The number of rotatable bonds is 3. The molecule has 3 N–H and O–H groups in total. The third-order valence-corrected chi connectivity index (χ3v) is 6.36. The number of carbonyl (C=O) groups is 2. The summed E-state index contributed by atoms with van der Waals surface area (Å²) in [6.45, 7) is 6.72. The van der Waals surface area contributed by atoms with Crippen molar-refractivity contribution in [1.29, 1.82) is 0 Å². The van der Waals surface area contributed by atoms with Crippen LogP contribution in [0.1, 0.15) is 58.5 Å². The number of furan rings is 1. The maximum absolute atomic E-state index is 12.4. The number of nitrogens with one attached hydrogen (secondary N) is 1. The summed E-state index contributed by atoms with van der Waals surface area (Å²) in [6, 6.07) is 3.23. The maximum Gasteiger partial charge on any atom is 0.292 e. The highest BCUT2D eigenvalue weighted by Gasteiger charge is 2.33. The highest BCUT2D eigenvalue weighted by atomic mass is 79.9. The molecular weight excluding hydrogens is 404 g/mol. The van der Waals surface area contributed by atoms with Crippen LogP contribution in [0.5, 0.6) is 0 Å². The van der Waals surface area contributed by atoms with E-state index in [4.69, 9.17) is 10.2 Å². The number of halogens is 1. The van der Waals surface area contributed by atoms with Crippen LogP contribution in [0, 0.1) is 11.3 Å². The lowest BCUT2D eigenvalue weighted by molar-refractivity contribution is 0.0996. The van der Waals surface area contributed by atoms with Gasteiger partial charge < -0.3 is 15.5 Å². The Kier molecular flexibility index (Phi) is 4.81. The van der Waals surface area contributed by atoms with Crippen LogP contribution in [0.2, 0.25) is 0 Å². The first-order valence-electron chi connectivity index (χ1n) is 8.18. The zero-order chi connectivity index (χ0) is 18.4. The SMILES string of the molecule is CC(C)(C)[C@@H]1CCc2c(sc(NC(=O)c3ccc(Br)o3)c2C(N)=O)C1. The van der Waals surface area contributed by atoms with Crippen molar-refractivity contribution >= 4 is 44.1 Å². The van der Waals surface area contributed by atoms with Gasteiger partial charge in [-0.05, 0) is 64.2 Å². The molecule has 0 unspecified atom stereocenters. The van der Waals surface area contributed by atoms with E-state index in [1.165, 1.54) is 11.3 Å². The monoisotopic (exact) mass is 424 g/mol. The average Bonchev–Trinajstić information content (AvgIpc) is 3.08. The minimum atomic E-state index is -0.498. The molecule has 2 aromatic rings. The standard InChI is InChI=1S/C18H21BrN2O3S/c1-18(2,3)9-4-5-10-12(8-9)25-17(14(10)15(20)22)21-16(23)11-6-7-13(19)24-11/h6-7,9H,4-5,8H2,1-3H3,(H2,20,22)(H,21,23)/t9-/m1/s1. The summed E-state index contributed by atoms with van der Waals surface area (Å²) in [5.74, 6) is -0.160. The van der Waals surface area contributed by atoms with Crippen molar-refractivity contribution in [2.45, 2.75) is 40.0 Å². The topological polar surface area (TPSA) is 85.3 Å². The van der Waals surface area contributed by atoms with Gasteiger partial charge in [-0.25, -0.2) is 0 Å². The second-order valence-electron chi connectivity index (χ2n) is 7.44. The molecular formula is C18H21BrN2O3S. The van der Waals surface area contributed by atoms with Gasteiger partial charge in [-0.2, -0.15) is 0 Å². The van der Waals surface area contributed by atoms with Crippen LogP contribution in [-0.4, -0.2) is 11.8 Å². The first kappa shape index (κ1) is 18.2. The first-order valence-corrected chi connectivity index (χ1v) is 9.78. The molecule has 0 saturated carbocycles. The summed E-state index contributed by atoms with van der Waals surface area (Å²) < 4.78 is 5.75. The fourth-order valence-electron chi connectivity index (χ4n) is 3.27. The van der Waals surface area contributed by atoms with Crippen LogP contribution in [0.4, 0.5) is 5.00 Å². The van der Waals surface area contributed by atoms with E-state index in [1.807, 2.05) is 0 Å². The largest absolute Gasteiger partial charge is 0.444 e. The number of carbonyl (C=O) groups excluding carboxylic acids is 2. The van der Waals surface area contributed by atoms with Crippen LogP contribution in [0.15, 0.2) is 21.2 Å². The zero-order valence-electron chi connectivity index (χ0n) is 14.4. The van der Waals surface area contributed by atoms with E-state index in [9.17, 15) is 9.59 Å². The van der Waals surface area contributed by atoms with Gasteiger partial charge in [0.2, 0.25) is 0 Å². The van der Waals surface area contributed by atoms with Crippen molar-refractivity contribution in [1.82, 2.24) is 0 Å². The Morgan fingerprint density at radius 1 is 1.36 bits per heavy atom. The summed E-state index contributed by atoms with van der Waals surface area (Å²) in [4.78, 5) is 25.5. The fourth-order valence-corrected chi connectivity index (χ4v) is 4.91. The van der Waals surface area contributed by atoms with E-state index in [2.05, 4.69) is 42.0 Å². The van der Waals surface area contributed by atoms with Crippen molar-refractivity contribution in [3.05, 3.63) is 38.6 Å². The quantitative estimate of drug-likeness (QED) is 0.754. The lowest BCUT2D eigenvalue weighted by Gasteiger charge is -2.33. The molecule has 5 nitrogen and oxygen atoms in total. The fraction of sp³-hybridized carbons (Fsp3) is 0.444. The van der Waals surface area contributed by atoms with Crippen molar-refractivity contribution in [3.63, 3.8) is 0 Å². The van der Waals surface area contributed by atoms with Crippen molar-refractivity contribution in [2.24, 2.45) is 17.1 Å². The predicted molar refractivity (Wildman–Crippen MR) is 102 cm³/mol. The number of hydrogen-bond acceptors (Lipinski definition) is 4. The summed E-state index contributed by atoms with van der Waals surface area (Å²) in [5, 5.41) is 3.31. The number of nitrogens with two attached hydrogens (primary N) is 1. The van der Waals surface area contributed by atoms with Crippen molar-refractivity contribution < 1.29 is 14.0 Å². The molecule has 2 heterocycles. The van der Waals surface area contributed by atoms with E-state index in [0.717, 1.165) is 29.7 Å². The van der Waals surface area contributed by atoms with Gasteiger partial charge in [0.05, 0.1) is 5.56 Å². The molecule has 0 aliphatic heterocycles. The molecule has 0 radical (unpaired) electrons. The summed E-state index contributed by atoms with van der Waals surface area (Å²) in [7, 11) is 0. The van der Waals surface area contributed by atoms with Crippen LogP contribution in [0.25, 0.3) is 0 Å². The lowest BCUT2D eigenvalue weighted by Crippen LogP contribution is -2.27. The van der Waals surface area contributed by atoms with Gasteiger partial charge in [0.15, 0.2) is 10.4 Å². The molecule has 0 saturated heterocycles. The average molecular weight is 425 g/mol. The molecule has 1 aliphatic carbocycles. The minimum absolute atomic E-state index is 0.182. The molecule has 25 heavy (non-hydrogen) atoms. The van der Waals surface area contributed by atoms with Crippen LogP contribution >= 0.6 is 27.3 Å². The number of thiophene rings is 1. The molecule has 2 amide bonds. The number of fused-ring (bicyclic) bond motifs is 1. The maximum atomic E-state index is 12.4. The summed E-state index contributed by atoms with van der Waals surface area (Å²) in [5.41, 5.74) is 7.26. The molecule has 0 bridgehead atoms. The highest BCUT2D eigenvalue weighted by molar-refractivity contribution is 9.10. The molecule has 1 atom stereocenters. The van der Waals surface area contributed by atoms with Crippen molar-refractivity contribution in [2.75, 3.05) is 5.32 Å². The minimum Gasteiger partial charge on any atom is -0.444 e. The smallest absolute Gasteiger partial charge is 0.292 e. The van der Waals surface area contributed by atoms with Gasteiger partial charge in [-0.15, -0.1) is 11.3 Å². The number of anilines is 1. The van der Waals surface area contributed by atoms with Gasteiger partial charge in [0, 0.05) is 4.88 Å². The van der Waals surface area contributed by atoms with E-state index in [0.29, 0.717) is 21.2 Å². The molecule has 2 aromatic heterocycles. The molecule has 134 valence electrons. The Balaban J connectivity index is 1.91. The summed E-state index contributed by atoms with van der Waals surface area (Å²) >= 11 is 4.63. The zero-order valence-corrected chi connectivity index (χ0v) is 16.8. The number of primary amides is 1. The molecule has 0 aromatic carbocycles. The second-order valence-corrected chi connectivity index (χ2v) is 9.32. The second kappa shape index (κ2) is 6.61. The summed E-state index contributed by atoms with van der Waals surface area (Å²) in [6.07, 6.45) is 2.74. The van der Waals surface area contributed by atoms with Crippen LogP contribution in [0.3, 0.4) is 0 Å². The van der Waals surface area contributed by atoms with Gasteiger partial charge in [0.1, 0.15) is 5.00 Å². The Labute approximate surface area is 159 Å². The highest BCUT2D eigenvalue weighted by Crippen LogP contribution is 2.44. The third-order valence-electron chi connectivity index (χ3n) is 4.76. The van der Waals surface area contributed by atoms with Crippen molar-refractivity contribution in [3.8, 4) is 0 Å². The van der Waals surface area contributed by atoms with Gasteiger partial charge >= 0.3 is 0 Å². The van der Waals surface area contributed by atoms with Gasteiger partial charge in [-0.1, -0.05) is 20.8 Å². The molecule has 1 aliphatic rings. The normalized spacial score (nSPS) is 17.2. The van der Waals surface area contributed by atoms with E-state index in [1.54, 1.807) is 12.1 Å². The lowest BCUT2D eigenvalue weighted by atomic mass is 9.72. The van der Waals surface area contributed by atoms with E-state index >= 15 is 0 Å². The predicted octanol–water partition coefficient (Wildman–Crippen LogP) is 4.61. The molecule has 0 spiro atoms.